The zero-order valence-electron chi connectivity index (χ0n) is 7.07. The number of carbonyl (C=O) groups excluding carboxylic acids is 1. The normalized spacial score (nSPS) is 10.1. The molecule has 0 aliphatic heterocycles. The van der Waals surface area contributed by atoms with E-state index in [2.05, 4.69) is 15.4 Å². The van der Waals surface area contributed by atoms with Crippen molar-refractivity contribution in [2.75, 3.05) is 0 Å². The Bertz CT molecular complexity index is 467. The average molecular weight is 208 g/mol. The van der Waals surface area contributed by atoms with Gasteiger partial charge in [0.1, 0.15) is 5.69 Å². The second kappa shape index (κ2) is 3.59. The fourth-order valence-corrected chi connectivity index (χ4v) is 1.36. The molecule has 0 saturated carbocycles. The van der Waals surface area contributed by atoms with Crippen LogP contribution in [0.4, 0.5) is 0 Å². The summed E-state index contributed by atoms with van der Waals surface area (Å²) in [7, 11) is 0. The van der Waals surface area contributed by atoms with Crippen LogP contribution in [-0.4, -0.2) is 21.7 Å². The highest BCUT2D eigenvalue weighted by Gasteiger charge is 2.08. The predicted molar refractivity (Wildman–Crippen MR) is 52.2 cm³/mol. The molecule has 5 heteroatoms. The Morgan fingerprint density at radius 3 is 2.93 bits per heavy atom. The Balaban J connectivity index is 2.54. The minimum Gasteiger partial charge on any atom is -0.296 e. The number of hydrogen-bond acceptors (Lipinski definition) is 3. The second-order valence-corrected chi connectivity index (χ2v) is 3.12. The lowest BCUT2D eigenvalue weighted by atomic mass is 10.1. The molecule has 1 aromatic carbocycles. The number of hydrogen-bond donors (Lipinski definition) is 1. The summed E-state index contributed by atoms with van der Waals surface area (Å²) >= 11 is 5.81. The zero-order chi connectivity index (χ0) is 9.97. The molecule has 0 atom stereocenters. The van der Waals surface area contributed by atoms with Crippen molar-refractivity contribution < 1.29 is 4.79 Å². The van der Waals surface area contributed by atoms with Gasteiger partial charge in [0.2, 0.25) is 0 Å². The van der Waals surface area contributed by atoms with E-state index < -0.39 is 0 Å². The number of aldehydes is 1. The molecule has 0 fully saturated rings. The Hall–Kier alpha value is -1.68. The Morgan fingerprint density at radius 1 is 1.36 bits per heavy atom. The number of nitrogens with zero attached hydrogens (tertiary/aromatic N) is 2. The standard InChI is InChI=1S/C9H6ClN3O/c10-7-3-1-2-6(4-7)9-8(5-14)11-13-12-9/h1-5H,(H,11,12,13). The van der Waals surface area contributed by atoms with Gasteiger partial charge >= 0.3 is 0 Å². The van der Waals surface area contributed by atoms with Crippen LogP contribution in [0.15, 0.2) is 24.3 Å². The molecule has 0 amide bonds. The van der Waals surface area contributed by atoms with Gasteiger partial charge in [0.05, 0.1) is 0 Å². The van der Waals surface area contributed by atoms with Gasteiger partial charge < -0.3 is 0 Å². The average Bonchev–Trinajstić information content (AvgIpc) is 2.65. The molecule has 0 unspecified atom stereocenters. The summed E-state index contributed by atoms with van der Waals surface area (Å²) in [6.07, 6.45) is 0.653. The predicted octanol–water partition coefficient (Wildman–Crippen LogP) is 1.94. The van der Waals surface area contributed by atoms with Crippen molar-refractivity contribution in [2.45, 2.75) is 0 Å². The van der Waals surface area contributed by atoms with Crippen LogP contribution in [0.1, 0.15) is 10.5 Å². The Kier molecular flexibility index (Phi) is 2.28. The second-order valence-electron chi connectivity index (χ2n) is 2.69. The molecule has 0 aliphatic carbocycles. The van der Waals surface area contributed by atoms with Gasteiger partial charge in [-0.2, -0.15) is 15.4 Å². The number of nitrogens with one attached hydrogen (secondary N) is 1. The van der Waals surface area contributed by atoms with Crippen molar-refractivity contribution in [3.05, 3.63) is 35.0 Å². The maximum Gasteiger partial charge on any atom is 0.172 e. The first-order valence-corrected chi connectivity index (χ1v) is 4.31. The molecule has 0 radical (unpaired) electrons. The molecule has 70 valence electrons. The number of carbonyl (C=O) groups is 1. The highest BCUT2D eigenvalue weighted by molar-refractivity contribution is 6.30. The number of rotatable bonds is 2. The molecule has 1 heterocycles. The van der Waals surface area contributed by atoms with Crippen LogP contribution in [0.5, 0.6) is 0 Å². The van der Waals surface area contributed by atoms with Gasteiger partial charge in [-0.15, -0.1) is 0 Å². The summed E-state index contributed by atoms with van der Waals surface area (Å²) < 4.78 is 0. The molecule has 1 N–H and O–H groups in total. The topological polar surface area (TPSA) is 58.6 Å². The van der Waals surface area contributed by atoms with Gasteiger partial charge in [0.25, 0.3) is 0 Å². The van der Waals surface area contributed by atoms with E-state index in [9.17, 15) is 4.79 Å². The van der Waals surface area contributed by atoms with Gasteiger partial charge in [-0.25, -0.2) is 0 Å². The van der Waals surface area contributed by atoms with E-state index >= 15 is 0 Å². The van der Waals surface area contributed by atoms with Crippen LogP contribution in [0.3, 0.4) is 0 Å². The van der Waals surface area contributed by atoms with Crippen LogP contribution in [0, 0.1) is 0 Å². The molecule has 0 spiro atoms. The molecule has 4 nitrogen and oxygen atoms in total. The monoisotopic (exact) mass is 207 g/mol. The first kappa shape index (κ1) is 8.90. The Morgan fingerprint density at radius 2 is 2.21 bits per heavy atom. The highest BCUT2D eigenvalue weighted by Crippen LogP contribution is 2.21. The number of benzene rings is 1. The minimum absolute atomic E-state index is 0.285. The summed E-state index contributed by atoms with van der Waals surface area (Å²) in [5.74, 6) is 0. The summed E-state index contributed by atoms with van der Waals surface area (Å²) in [6, 6.07) is 7.09. The van der Waals surface area contributed by atoms with E-state index in [1.165, 1.54) is 0 Å². The van der Waals surface area contributed by atoms with E-state index in [0.29, 0.717) is 17.0 Å². The van der Waals surface area contributed by atoms with Crippen molar-refractivity contribution >= 4 is 17.9 Å². The maximum atomic E-state index is 10.6. The minimum atomic E-state index is 0.285. The molecular formula is C9H6ClN3O. The molecule has 0 aliphatic rings. The molecule has 14 heavy (non-hydrogen) atoms. The van der Waals surface area contributed by atoms with Crippen LogP contribution in [0.25, 0.3) is 11.3 Å². The van der Waals surface area contributed by atoms with Gasteiger partial charge in [-0.3, -0.25) is 4.79 Å². The van der Waals surface area contributed by atoms with Crippen molar-refractivity contribution in [2.24, 2.45) is 0 Å². The first-order chi connectivity index (χ1) is 6.81. The van der Waals surface area contributed by atoms with Gasteiger partial charge in [0, 0.05) is 10.6 Å². The molecule has 2 aromatic rings. The van der Waals surface area contributed by atoms with E-state index in [1.807, 2.05) is 6.07 Å². The van der Waals surface area contributed by atoms with E-state index in [1.54, 1.807) is 18.2 Å². The van der Waals surface area contributed by atoms with Gasteiger partial charge in [-0.05, 0) is 12.1 Å². The van der Waals surface area contributed by atoms with E-state index in [4.69, 9.17) is 11.6 Å². The molecule has 0 bridgehead atoms. The van der Waals surface area contributed by atoms with Crippen molar-refractivity contribution in [1.82, 2.24) is 15.4 Å². The lowest BCUT2D eigenvalue weighted by Crippen LogP contribution is -1.85. The molecular weight excluding hydrogens is 202 g/mol. The first-order valence-electron chi connectivity index (χ1n) is 3.93. The third-order valence-corrected chi connectivity index (χ3v) is 2.02. The fourth-order valence-electron chi connectivity index (χ4n) is 1.17. The van der Waals surface area contributed by atoms with Crippen molar-refractivity contribution in [1.29, 1.82) is 0 Å². The summed E-state index contributed by atoms with van der Waals surface area (Å²) in [5.41, 5.74) is 1.57. The van der Waals surface area contributed by atoms with Crippen molar-refractivity contribution in [3.63, 3.8) is 0 Å². The summed E-state index contributed by atoms with van der Waals surface area (Å²) in [5, 5.41) is 10.6. The van der Waals surface area contributed by atoms with Crippen LogP contribution >= 0.6 is 11.6 Å². The van der Waals surface area contributed by atoms with E-state index in [-0.39, 0.29) is 5.69 Å². The third kappa shape index (κ3) is 1.52. The smallest absolute Gasteiger partial charge is 0.172 e. The molecule has 1 aromatic heterocycles. The molecule has 0 saturated heterocycles. The van der Waals surface area contributed by atoms with Crippen LogP contribution < -0.4 is 0 Å². The lowest BCUT2D eigenvalue weighted by molar-refractivity contribution is 0.111. The zero-order valence-corrected chi connectivity index (χ0v) is 7.82. The maximum absolute atomic E-state index is 10.6. The van der Waals surface area contributed by atoms with Gasteiger partial charge in [0.15, 0.2) is 12.0 Å². The quantitative estimate of drug-likeness (QED) is 0.766. The van der Waals surface area contributed by atoms with E-state index in [0.717, 1.165) is 5.56 Å². The fraction of sp³-hybridized carbons (Fsp3) is 0. The summed E-state index contributed by atoms with van der Waals surface area (Å²) in [6.45, 7) is 0. The lowest BCUT2D eigenvalue weighted by Gasteiger charge is -1.96. The largest absolute Gasteiger partial charge is 0.296 e. The number of H-pyrrole nitrogens is 1. The third-order valence-electron chi connectivity index (χ3n) is 1.78. The van der Waals surface area contributed by atoms with Crippen LogP contribution in [0.2, 0.25) is 5.02 Å². The Labute approximate surface area is 84.9 Å². The SMILES string of the molecule is O=Cc1n[nH]nc1-c1cccc(Cl)c1. The molecule has 2 rings (SSSR count). The summed E-state index contributed by atoms with van der Waals surface area (Å²) in [4.78, 5) is 10.6. The van der Waals surface area contributed by atoms with Crippen molar-refractivity contribution in [3.8, 4) is 11.3 Å². The number of aromatic nitrogens is 3. The van der Waals surface area contributed by atoms with Crippen LogP contribution in [-0.2, 0) is 0 Å². The number of aromatic amines is 1. The number of halogens is 1. The van der Waals surface area contributed by atoms with Gasteiger partial charge in [-0.1, -0.05) is 23.7 Å². The highest BCUT2D eigenvalue weighted by atomic mass is 35.5.